The Morgan fingerprint density at radius 3 is 2.68 bits per heavy atom. The van der Waals surface area contributed by atoms with E-state index in [-0.39, 0.29) is 5.69 Å². The van der Waals surface area contributed by atoms with Crippen LogP contribution in [0.1, 0.15) is 24.8 Å². The second-order valence-electron chi connectivity index (χ2n) is 4.55. The molecule has 0 amide bonds. The molecule has 0 bridgehead atoms. The molecule has 1 atom stereocenters. The number of nitrogens with zero attached hydrogens (tertiary/aromatic N) is 1. The van der Waals surface area contributed by atoms with Gasteiger partial charge in [0, 0.05) is 16.7 Å². The van der Waals surface area contributed by atoms with E-state index in [2.05, 4.69) is 15.9 Å². The number of anilines is 1. The third kappa shape index (κ3) is 3.11. The summed E-state index contributed by atoms with van der Waals surface area (Å²) in [6, 6.07) is 3.60. The van der Waals surface area contributed by atoms with Crippen molar-refractivity contribution in [3.8, 4) is 0 Å². The number of carbonyl (C=O) groups excluding carboxylic acids is 1. The van der Waals surface area contributed by atoms with Gasteiger partial charge in [0.1, 0.15) is 6.29 Å². The molecule has 2 rings (SSSR count). The molecule has 0 aliphatic carbocycles. The van der Waals surface area contributed by atoms with Gasteiger partial charge in [-0.2, -0.15) is 13.2 Å². The maximum Gasteiger partial charge on any atom is 0.418 e. The molecule has 6 heteroatoms. The minimum atomic E-state index is -4.43. The van der Waals surface area contributed by atoms with Crippen molar-refractivity contribution in [2.24, 2.45) is 0 Å². The van der Waals surface area contributed by atoms with E-state index in [0.717, 1.165) is 25.2 Å². The highest BCUT2D eigenvalue weighted by Crippen LogP contribution is 2.39. The fraction of sp³-hybridized carbons (Fsp3) is 0.462. The number of carbonyl (C=O) groups is 1. The molecule has 1 aliphatic rings. The summed E-state index contributed by atoms with van der Waals surface area (Å²) in [6.07, 6.45) is -1.41. The van der Waals surface area contributed by atoms with Gasteiger partial charge in [-0.25, -0.2) is 0 Å². The average molecular weight is 336 g/mol. The van der Waals surface area contributed by atoms with Crippen molar-refractivity contribution >= 4 is 27.9 Å². The maximum atomic E-state index is 13.1. The molecule has 1 unspecified atom stereocenters. The third-order valence-electron chi connectivity index (χ3n) is 3.28. The van der Waals surface area contributed by atoms with Crippen LogP contribution in [0.3, 0.4) is 0 Å². The van der Waals surface area contributed by atoms with Crippen molar-refractivity contribution in [2.75, 3.05) is 11.4 Å². The zero-order valence-electron chi connectivity index (χ0n) is 10.1. The van der Waals surface area contributed by atoms with Crippen molar-refractivity contribution in [3.05, 3.63) is 28.2 Å². The summed E-state index contributed by atoms with van der Waals surface area (Å²) >= 11 is 3.06. The zero-order chi connectivity index (χ0) is 14.0. The molecule has 0 saturated carbocycles. The Morgan fingerprint density at radius 2 is 2.05 bits per heavy atom. The monoisotopic (exact) mass is 335 g/mol. The maximum absolute atomic E-state index is 13.1. The van der Waals surface area contributed by atoms with E-state index in [4.69, 9.17) is 0 Å². The van der Waals surface area contributed by atoms with Crippen molar-refractivity contribution in [3.63, 3.8) is 0 Å². The first-order valence-corrected chi connectivity index (χ1v) is 6.81. The molecule has 0 N–H and O–H groups in total. The Balaban J connectivity index is 2.45. The van der Waals surface area contributed by atoms with Crippen LogP contribution in [0.15, 0.2) is 22.7 Å². The Kier molecular flexibility index (Phi) is 4.18. The molecule has 2 nitrogen and oxygen atoms in total. The van der Waals surface area contributed by atoms with Crippen molar-refractivity contribution in [2.45, 2.75) is 31.5 Å². The van der Waals surface area contributed by atoms with Gasteiger partial charge in [0.25, 0.3) is 0 Å². The van der Waals surface area contributed by atoms with Crippen LogP contribution in [0.4, 0.5) is 18.9 Å². The molecule has 0 spiro atoms. The number of piperidine rings is 1. The molecule has 1 aromatic rings. The summed E-state index contributed by atoms with van der Waals surface area (Å²) in [7, 11) is 0. The number of hydrogen-bond donors (Lipinski definition) is 0. The van der Waals surface area contributed by atoms with E-state index >= 15 is 0 Å². The highest BCUT2D eigenvalue weighted by molar-refractivity contribution is 9.10. The molecule has 1 heterocycles. The first-order chi connectivity index (χ1) is 8.93. The predicted octanol–water partition coefficient (Wildman–Crippen LogP) is 4.03. The topological polar surface area (TPSA) is 20.3 Å². The summed E-state index contributed by atoms with van der Waals surface area (Å²) in [6.45, 7) is 0.480. The number of aldehydes is 1. The lowest BCUT2D eigenvalue weighted by Gasteiger charge is -2.35. The van der Waals surface area contributed by atoms with E-state index in [9.17, 15) is 18.0 Å². The molecule has 0 radical (unpaired) electrons. The predicted molar refractivity (Wildman–Crippen MR) is 70.2 cm³/mol. The molecule has 0 aromatic heterocycles. The largest absolute Gasteiger partial charge is 0.418 e. The summed E-state index contributed by atoms with van der Waals surface area (Å²) in [5.74, 6) is 0. The molecule has 1 fully saturated rings. The molecule has 1 saturated heterocycles. The quantitative estimate of drug-likeness (QED) is 0.760. The van der Waals surface area contributed by atoms with Crippen molar-refractivity contribution < 1.29 is 18.0 Å². The van der Waals surface area contributed by atoms with Gasteiger partial charge in [0.05, 0.1) is 11.6 Å². The van der Waals surface area contributed by atoms with Crippen LogP contribution in [0.5, 0.6) is 0 Å². The Morgan fingerprint density at radius 1 is 1.32 bits per heavy atom. The van der Waals surface area contributed by atoms with Gasteiger partial charge in [-0.3, -0.25) is 0 Å². The van der Waals surface area contributed by atoms with Gasteiger partial charge < -0.3 is 9.69 Å². The fourth-order valence-corrected chi connectivity index (χ4v) is 2.74. The van der Waals surface area contributed by atoms with Crippen LogP contribution in [0.2, 0.25) is 0 Å². The molecule has 19 heavy (non-hydrogen) atoms. The van der Waals surface area contributed by atoms with Crippen LogP contribution in [-0.4, -0.2) is 18.9 Å². The summed E-state index contributed by atoms with van der Waals surface area (Å²) < 4.78 is 39.6. The van der Waals surface area contributed by atoms with Crippen LogP contribution < -0.4 is 4.90 Å². The third-order valence-corrected chi connectivity index (χ3v) is 3.77. The lowest BCUT2D eigenvalue weighted by Crippen LogP contribution is -2.41. The number of hydrogen-bond acceptors (Lipinski definition) is 2. The van der Waals surface area contributed by atoms with Gasteiger partial charge in [-0.15, -0.1) is 0 Å². The van der Waals surface area contributed by atoms with Gasteiger partial charge >= 0.3 is 6.18 Å². The lowest BCUT2D eigenvalue weighted by atomic mass is 10.0. The van der Waals surface area contributed by atoms with E-state index < -0.39 is 17.8 Å². The molecular weight excluding hydrogens is 323 g/mol. The standard InChI is InChI=1S/C13H13BrF3NO/c14-9-4-5-12(11(7-9)13(15,16)17)18-6-2-1-3-10(18)8-19/h4-5,7-8,10H,1-3,6H2. The van der Waals surface area contributed by atoms with E-state index in [1.165, 1.54) is 6.07 Å². The number of benzene rings is 1. The molecule has 1 aliphatic heterocycles. The molecule has 104 valence electrons. The minimum Gasteiger partial charge on any atom is -0.361 e. The second kappa shape index (κ2) is 5.53. The smallest absolute Gasteiger partial charge is 0.361 e. The average Bonchev–Trinajstić information content (AvgIpc) is 2.37. The van der Waals surface area contributed by atoms with E-state index in [1.54, 1.807) is 11.0 Å². The van der Waals surface area contributed by atoms with Gasteiger partial charge in [-0.05, 0) is 37.5 Å². The van der Waals surface area contributed by atoms with Crippen LogP contribution >= 0.6 is 15.9 Å². The Bertz CT molecular complexity index is 475. The van der Waals surface area contributed by atoms with Gasteiger partial charge in [0.2, 0.25) is 0 Å². The first-order valence-electron chi connectivity index (χ1n) is 6.02. The number of rotatable bonds is 2. The van der Waals surface area contributed by atoms with E-state index in [0.29, 0.717) is 17.4 Å². The lowest BCUT2D eigenvalue weighted by molar-refractivity contribution is -0.137. The van der Waals surface area contributed by atoms with Crippen LogP contribution in [-0.2, 0) is 11.0 Å². The SMILES string of the molecule is O=CC1CCCCN1c1ccc(Br)cc1C(F)(F)F. The Hall–Kier alpha value is -1.04. The first kappa shape index (κ1) is 14.4. The van der Waals surface area contributed by atoms with Crippen LogP contribution in [0.25, 0.3) is 0 Å². The van der Waals surface area contributed by atoms with Gasteiger partial charge in [0.15, 0.2) is 0 Å². The fourth-order valence-electron chi connectivity index (χ4n) is 2.38. The van der Waals surface area contributed by atoms with E-state index in [1.807, 2.05) is 0 Å². The van der Waals surface area contributed by atoms with Crippen LogP contribution in [0, 0.1) is 0 Å². The summed E-state index contributed by atoms with van der Waals surface area (Å²) in [5.41, 5.74) is -0.608. The molecular formula is C13H13BrF3NO. The summed E-state index contributed by atoms with van der Waals surface area (Å²) in [5, 5.41) is 0. The van der Waals surface area contributed by atoms with Gasteiger partial charge in [-0.1, -0.05) is 15.9 Å². The van der Waals surface area contributed by atoms with Crippen molar-refractivity contribution in [1.29, 1.82) is 0 Å². The minimum absolute atomic E-state index is 0.0903. The molecule has 1 aromatic carbocycles. The van der Waals surface area contributed by atoms with Crippen molar-refractivity contribution in [1.82, 2.24) is 0 Å². The second-order valence-corrected chi connectivity index (χ2v) is 5.47. The normalized spacial score (nSPS) is 20.4. The number of alkyl halides is 3. The Labute approximate surface area is 117 Å². The number of halogens is 4. The highest BCUT2D eigenvalue weighted by atomic mass is 79.9. The highest BCUT2D eigenvalue weighted by Gasteiger charge is 2.36. The zero-order valence-corrected chi connectivity index (χ0v) is 11.7. The summed E-state index contributed by atoms with van der Waals surface area (Å²) in [4.78, 5) is 12.6.